The van der Waals surface area contributed by atoms with E-state index in [4.69, 9.17) is 4.74 Å². The van der Waals surface area contributed by atoms with Gasteiger partial charge >= 0.3 is 6.03 Å². The van der Waals surface area contributed by atoms with Crippen molar-refractivity contribution in [2.24, 2.45) is 4.99 Å². The van der Waals surface area contributed by atoms with Gasteiger partial charge in [0, 0.05) is 38.0 Å². The van der Waals surface area contributed by atoms with E-state index in [2.05, 4.69) is 10.3 Å². The van der Waals surface area contributed by atoms with Crippen LogP contribution in [0.3, 0.4) is 0 Å². The number of aryl methyl sites for hydroxylation is 1. The summed E-state index contributed by atoms with van der Waals surface area (Å²) in [6.07, 6.45) is 8.21. The molecule has 2 aromatic rings. The number of rotatable bonds is 6. The van der Waals surface area contributed by atoms with Crippen LogP contribution in [-0.2, 0) is 6.42 Å². The van der Waals surface area contributed by atoms with Crippen LogP contribution >= 0.6 is 0 Å². The number of nitrogens with one attached hydrogen (secondary N) is 1. The predicted octanol–water partition coefficient (Wildman–Crippen LogP) is 5.85. The van der Waals surface area contributed by atoms with Crippen molar-refractivity contribution >= 4 is 23.7 Å². The highest BCUT2D eigenvalue weighted by atomic mass is 19.1. The third-order valence-electron chi connectivity index (χ3n) is 6.32. The summed E-state index contributed by atoms with van der Waals surface area (Å²) in [5, 5.41) is 3.03. The zero-order valence-corrected chi connectivity index (χ0v) is 19.3. The second-order valence-electron chi connectivity index (χ2n) is 8.53. The highest BCUT2D eigenvalue weighted by molar-refractivity contribution is 5.91. The van der Waals surface area contributed by atoms with Gasteiger partial charge in [-0.2, -0.15) is 0 Å². The van der Waals surface area contributed by atoms with Crippen molar-refractivity contribution in [3.63, 3.8) is 0 Å². The van der Waals surface area contributed by atoms with Crippen molar-refractivity contribution in [3.8, 4) is 5.75 Å². The van der Waals surface area contributed by atoms with E-state index >= 15 is 0 Å². The predicted molar refractivity (Wildman–Crippen MR) is 133 cm³/mol. The third kappa shape index (κ3) is 5.53. The average Bonchev–Trinajstić information content (AvgIpc) is 2.84. The van der Waals surface area contributed by atoms with Gasteiger partial charge in [0.05, 0.1) is 19.1 Å². The number of amides is 2. The highest BCUT2D eigenvalue weighted by Gasteiger charge is 2.27. The van der Waals surface area contributed by atoms with Gasteiger partial charge in [0.15, 0.2) is 0 Å². The Morgan fingerprint density at radius 3 is 2.88 bits per heavy atom. The normalized spacial score (nSPS) is 18.2. The summed E-state index contributed by atoms with van der Waals surface area (Å²) in [5.74, 6) is 0.489. The fourth-order valence-corrected chi connectivity index (χ4v) is 4.43. The summed E-state index contributed by atoms with van der Waals surface area (Å²) in [4.78, 5) is 21.4. The van der Waals surface area contributed by atoms with Gasteiger partial charge in [0.2, 0.25) is 0 Å². The Labute approximate surface area is 196 Å². The molecule has 0 spiro atoms. The number of urea groups is 1. The number of ether oxygens (including phenoxy) is 1. The smallest absolute Gasteiger partial charge is 0.322 e. The first kappa shape index (κ1) is 22.8. The van der Waals surface area contributed by atoms with E-state index in [-0.39, 0.29) is 19.3 Å². The molecule has 2 heterocycles. The van der Waals surface area contributed by atoms with Crippen LogP contribution in [0.2, 0.25) is 0 Å². The molecule has 1 saturated heterocycles. The van der Waals surface area contributed by atoms with Crippen molar-refractivity contribution in [2.75, 3.05) is 30.4 Å². The number of likely N-dealkylation sites (tertiary alicyclic amines) is 1. The lowest BCUT2D eigenvalue weighted by Crippen LogP contribution is -2.46. The number of aliphatic imine (C=N–C) groups is 1. The number of nitrogens with zero attached hydrogens (tertiary/aromatic N) is 3. The molecule has 2 amide bonds. The zero-order valence-electron chi connectivity index (χ0n) is 19.3. The number of methoxy groups -OCH3 is 1. The molecular weight excluding hydrogens is 419 g/mol. The van der Waals surface area contributed by atoms with Gasteiger partial charge in [-0.25, -0.2) is 14.2 Å². The number of hydrogen-bond acceptors (Lipinski definition) is 4. The van der Waals surface area contributed by atoms with Crippen LogP contribution in [0.1, 0.15) is 39.6 Å². The molecule has 1 atom stereocenters. The van der Waals surface area contributed by atoms with Crippen LogP contribution in [-0.4, -0.2) is 43.5 Å². The SMILES string of the molecule is COc1cc(NC(=O)N2CCCCC2CCc2ccccc2F)ccc1N1C=NC(C)=CC1.[HH]. The maximum Gasteiger partial charge on any atom is 0.322 e. The molecule has 33 heavy (non-hydrogen) atoms. The lowest BCUT2D eigenvalue weighted by Gasteiger charge is -2.36. The van der Waals surface area contributed by atoms with Gasteiger partial charge in [-0.05, 0) is 68.9 Å². The zero-order chi connectivity index (χ0) is 23.2. The van der Waals surface area contributed by atoms with E-state index in [0.717, 1.165) is 43.6 Å². The molecule has 7 heteroatoms. The molecule has 0 radical (unpaired) electrons. The van der Waals surface area contributed by atoms with E-state index in [9.17, 15) is 9.18 Å². The van der Waals surface area contributed by atoms with E-state index in [1.807, 2.05) is 53.1 Å². The summed E-state index contributed by atoms with van der Waals surface area (Å²) in [5.41, 5.74) is 3.26. The summed E-state index contributed by atoms with van der Waals surface area (Å²) < 4.78 is 19.6. The van der Waals surface area contributed by atoms with Crippen LogP contribution in [0, 0.1) is 5.82 Å². The molecule has 4 rings (SSSR count). The fraction of sp³-hybridized carbons (Fsp3) is 0.385. The van der Waals surface area contributed by atoms with Crippen molar-refractivity contribution in [1.82, 2.24) is 4.90 Å². The number of benzene rings is 2. The lowest BCUT2D eigenvalue weighted by molar-refractivity contribution is 0.158. The molecule has 0 saturated carbocycles. The number of carbonyl (C=O) groups is 1. The Morgan fingerprint density at radius 1 is 1.27 bits per heavy atom. The van der Waals surface area contributed by atoms with E-state index < -0.39 is 0 Å². The van der Waals surface area contributed by atoms with Gasteiger partial charge < -0.3 is 19.9 Å². The summed E-state index contributed by atoms with van der Waals surface area (Å²) in [7, 11) is 1.62. The maximum atomic E-state index is 14.0. The Morgan fingerprint density at radius 2 is 2.12 bits per heavy atom. The van der Waals surface area contributed by atoms with Crippen LogP contribution in [0.15, 0.2) is 59.2 Å². The molecule has 2 aliphatic rings. The third-order valence-corrected chi connectivity index (χ3v) is 6.32. The number of halogens is 1. The minimum absolute atomic E-state index is 0. The largest absolute Gasteiger partial charge is 0.494 e. The summed E-state index contributed by atoms with van der Waals surface area (Å²) in [6, 6.07) is 12.5. The molecular formula is C26H33FN4O2. The minimum atomic E-state index is -0.180. The first-order valence-corrected chi connectivity index (χ1v) is 11.5. The summed E-state index contributed by atoms with van der Waals surface area (Å²) in [6.45, 7) is 3.39. The summed E-state index contributed by atoms with van der Waals surface area (Å²) >= 11 is 0. The number of anilines is 2. The standard InChI is InChI=1S/C26H31FN4O2.H2/c1-19-14-16-30(18-28-19)24-13-11-21(17-25(24)33-2)29-26(32)31-15-6-5-8-22(31)12-10-20-7-3-4-9-23(20)27;/h3-4,7,9,11,13-14,17-18,22H,5-6,8,10,12,15-16H2,1-2H3,(H,29,32);1H. The second kappa shape index (κ2) is 10.5. The molecule has 0 bridgehead atoms. The monoisotopic (exact) mass is 452 g/mol. The van der Waals surface area contributed by atoms with Crippen molar-refractivity contribution in [3.05, 3.63) is 65.6 Å². The average molecular weight is 453 g/mol. The Bertz CT molecular complexity index is 1060. The second-order valence-corrected chi connectivity index (χ2v) is 8.53. The molecule has 2 aliphatic heterocycles. The van der Waals surface area contributed by atoms with Crippen LogP contribution < -0.4 is 15.0 Å². The number of hydrogen-bond donors (Lipinski definition) is 1. The lowest BCUT2D eigenvalue weighted by atomic mass is 9.96. The van der Waals surface area contributed by atoms with Crippen molar-refractivity contribution in [1.29, 1.82) is 0 Å². The van der Waals surface area contributed by atoms with Gasteiger partial charge in [-0.1, -0.05) is 18.2 Å². The van der Waals surface area contributed by atoms with Crippen molar-refractivity contribution in [2.45, 2.75) is 45.1 Å². The molecule has 0 aromatic heterocycles. The topological polar surface area (TPSA) is 57.2 Å². The van der Waals surface area contributed by atoms with E-state index in [0.29, 0.717) is 30.0 Å². The quantitative estimate of drug-likeness (QED) is 0.598. The number of carbonyl (C=O) groups excluding carboxylic acids is 1. The molecule has 2 aromatic carbocycles. The fourth-order valence-electron chi connectivity index (χ4n) is 4.43. The first-order valence-electron chi connectivity index (χ1n) is 11.5. The maximum absolute atomic E-state index is 14.0. The minimum Gasteiger partial charge on any atom is -0.494 e. The van der Waals surface area contributed by atoms with Crippen LogP contribution in [0.4, 0.5) is 20.6 Å². The Balaban J connectivity index is 0.00000324. The van der Waals surface area contributed by atoms with Crippen LogP contribution in [0.5, 0.6) is 5.75 Å². The van der Waals surface area contributed by atoms with Crippen molar-refractivity contribution < 1.29 is 15.3 Å². The first-order chi connectivity index (χ1) is 16.0. The highest BCUT2D eigenvalue weighted by Crippen LogP contribution is 2.32. The molecule has 176 valence electrons. The van der Waals surface area contributed by atoms with Gasteiger partial charge in [0.1, 0.15) is 11.6 Å². The molecule has 6 nitrogen and oxygen atoms in total. The molecule has 0 aliphatic carbocycles. The number of piperidine rings is 1. The van der Waals surface area contributed by atoms with Gasteiger partial charge in [-0.3, -0.25) is 0 Å². The molecule has 1 N–H and O–H groups in total. The van der Waals surface area contributed by atoms with Crippen LogP contribution in [0.25, 0.3) is 0 Å². The van der Waals surface area contributed by atoms with E-state index in [1.54, 1.807) is 19.5 Å². The Kier molecular flexibility index (Phi) is 7.27. The van der Waals surface area contributed by atoms with Gasteiger partial charge in [-0.15, -0.1) is 0 Å². The van der Waals surface area contributed by atoms with Gasteiger partial charge in [0.25, 0.3) is 0 Å². The number of allylic oxidation sites excluding steroid dienone is 1. The Hall–Kier alpha value is -3.35. The molecule has 1 unspecified atom stereocenters. The van der Waals surface area contributed by atoms with E-state index in [1.165, 1.54) is 6.07 Å². The molecule has 1 fully saturated rings.